The van der Waals surface area contributed by atoms with Gasteiger partial charge >= 0.3 is 0 Å². The second-order valence-corrected chi connectivity index (χ2v) is 4.74. The van der Waals surface area contributed by atoms with E-state index >= 15 is 0 Å². The number of carbonyl (C=O) groups is 1. The van der Waals surface area contributed by atoms with Crippen molar-refractivity contribution >= 4 is 40.1 Å². The van der Waals surface area contributed by atoms with Crippen molar-refractivity contribution in [3.63, 3.8) is 0 Å². The number of nitrogens with two attached hydrogens (primary N) is 1. The lowest BCUT2D eigenvalue weighted by atomic mass is 10.0. The fraction of sp³-hybridized carbons (Fsp3) is 0.455. The lowest BCUT2D eigenvalue weighted by Crippen LogP contribution is -2.48. The zero-order valence-electron chi connectivity index (χ0n) is 9.30. The molecule has 1 aliphatic rings. The van der Waals surface area contributed by atoms with Crippen LogP contribution in [-0.2, 0) is 4.79 Å². The number of halogens is 2. The van der Waals surface area contributed by atoms with Gasteiger partial charge < -0.3 is 10.6 Å². The number of pyridine rings is 1. The van der Waals surface area contributed by atoms with Crippen molar-refractivity contribution in [1.29, 1.82) is 0 Å². The number of piperidine rings is 1. The summed E-state index contributed by atoms with van der Waals surface area (Å²) in [5, 5.41) is 0. The quantitative estimate of drug-likeness (QED) is 0.849. The molecule has 0 aromatic carbocycles. The molecule has 1 aromatic rings. The molecule has 1 saturated heterocycles. The Morgan fingerprint density at radius 2 is 2.24 bits per heavy atom. The highest BCUT2D eigenvalue weighted by Crippen LogP contribution is 2.24. The number of amides is 1. The van der Waals surface area contributed by atoms with Crippen molar-refractivity contribution < 1.29 is 4.79 Å². The Hall–Kier alpha value is -0.810. The van der Waals surface area contributed by atoms with Crippen molar-refractivity contribution in [1.82, 2.24) is 4.98 Å². The second kappa shape index (κ2) is 6.21. The lowest BCUT2D eigenvalue weighted by Gasteiger charge is -2.34. The Kier molecular flexibility index (Phi) is 5.21. The number of anilines is 1. The van der Waals surface area contributed by atoms with Crippen LogP contribution >= 0.6 is 28.3 Å². The molecule has 2 rings (SSSR count). The predicted molar refractivity (Wildman–Crippen MR) is 73.4 cm³/mol. The highest BCUT2D eigenvalue weighted by molar-refractivity contribution is 9.10. The normalized spacial score (nSPS) is 19.6. The van der Waals surface area contributed by atoms with Gasteiger partial charge in [0.1, 0.15) is 16.5 Å². The van der Waals surface area contributed by atoms with Crippen LogP contribution in [0.25, 0.3) is 0 Å². The summed E-state index contributed by atoms with van der Waals surface area (Å²) in [7, 11) is 0. The van der Waals surface area contributed by atoms with Crippen LogP contribution in [0.2, 0.25) is 0 Å². The Labute approximate surface area is 115 Å². The van der Waals surface area contributed by atoms with E-state index in [4.69, 9.17) is 5.73 Å². The molecular formula is C11H15BrClN3O. The zero-order chi connectivity index (χ0) is 11.5. The number of nitrogens with zero attached hydrogens (tertiary/aromatic N) is 2. The van der Waals surface area contributed by atoms with Gasteiger partial charge in [0.2, 0.25) is 5.91 Å². The summed E-state index contributed by atoms with van der Waals surface area (Å²) in [4.78, 5) is 17.7. The van der Waals surface area contributed by atoms with Crippen molar-refractivity contribution in [2.75, 3.05) is 11.4 Å². The van der Waals surface area contributed by atoms with Gasteiger partial charge in [-0.1, -0.05) is 6.07 Å². The third-order valence-corrected chi connectivity index (χ3v) is 3.27. The van der Waals surface area contributed by atoms with Crippen molar-refractivity contribution in [2.45, 2.75) is 25.3 Å². The van der Waals surface area contributed by atoms with Gasteiger partial charge in [-0.15, -0.1) is 12.4 Å². The molecule has 1 atom stereocenters. The first-order valence-corrected chi connectivity index (χ1v) is 6.16. The topological polar surface area (TPSA) is 59.2 Å². The lowest BCUT2D eigenvalue weighted by molar-refractivity contribution is -0.119. The molecule has 0 bridgehead atoms. The molecule has 1 amide bonds. The molecule has 1 unspecified atom stereocenters. The summed E-state index contributed by atoms with van der Waals surface area (Å²) in [5.74, 6) is 0.555. The average Bonchev–Trinajstić information content (AvgIpc) is 2.29. The smallest absolute Gasteiger partial charge is 0.240 e. The molecule has 0 saturated carbocycles. The first-order chi connectivity index (χ1) is 7.68. The number of carbonyl (C=O) groups excluding carboxylic acids is 1. The number of hydrogen-bond acceptors (Lipinski definition) is 3. The fourth-order valence-electron chi connectivity index (χ4n) is 2.06. The second-order valence-electron chi connectivity index (χ2n) is 3.93. The monoisotopic (exact) mass is 319 g/mol. The Bertz CT molecular complexity index is 402. The van der Waals surface area contributed by atoms with E-state index in [1.807, 2.05) is 23.1 Å². The first kappa shape index (κ1) is 14.3. The van der Waals surface area contributed by atoms with Crippen molar-refractivity contribution in [3.05, 3.63) is 22.8 Å². The van der Waals surface area contributed by atoms with Crippen LogP contribution in [0.3, 0.4) is 0 Å². The third-order valence-electron chi connectivity index (χ3n) is 2.83. The number of aromatic nitrogens is 1. The van der Waals surface area contributed by atoms with Gasteiger partial charge in [-0.2, -0.15) is 0 Å². The van der Waals surface area contributed by atoms with Gasteiger partial charge in [0.15, 0.2) is 0 Å². The maximum absolute atomic E-state index is 11.4. The van der Waals surface area contributed by atoms with E-state index in [9.17, 15) is 4.79 Å². The summed E-state index contributed by atoms with van der Waals surface area (Å²) >= 11 is 3.33. The summed E-state index contributed by atoms with van der Waals surface area (Å²) in [6.45, 7) is 0.844. The van der Waals surface area contributed by atoms with E-state index in [0.29, 0.717) is 0 Å². The highest BCUT2D eigenvalue weighted by Gasteiger charge is 2.27. The average molecular weight is 321 g/mol. The van der Waals surface area contributed by atoms with Crippen LogP contribution < -0.4 is 10.6 Å². The zero-order valence-corrected chi connectivity index (χ0v) is 11.7. The summed E-state index contributed by atoms with van der Waals surface area (Å²) in [6.07, 6.45) is 2.96. The van der Waals surface area contributed by atoms with E-state index in [1.165, 1.54) is 0 Å². The molecular weight excluding hydrogens is 305 g/mol. The van der Waals surface area contributed by atoms with Gasteiger partial charge in [0, 0.05) is 6.54 Å². The molecule has 6 heteroatoms. The predicted octanol–water partition coefficient (Wildman–Crippen LogP) is 2.11. The number of hydrogen-bond donors (Lipinski definition) is 1. The molecule has 1 aliphatic heterocycles. The first-order valence-electron chi connectivity index (χ1n) is 5.37. The molecule has 1 aromatic heterocycles. The van der Waals surface area contributed by atoms with E-state index in [1.54, 1.807) is 0 Å². The van der Waals surface area contributed by atoms with Crippen LogP contribution in [0.1, 0.15) is 19.3 Å². The van der Waals surface area contributed by atoms with Gasteiger partial charge in [-0.25, -0.2) is 4.98 Å². The van der Waals surface area contributed by atoms with Crippen LogP contribution in [0.4, 0.5) is 5.82 Å². The molecule has 94 valence electrons. The van der Waals surface area contributed by atoms with Crippen molar-refractivity contribution in [3.8, 4) is 0 Å². The van der Waals surface area contributed by atoms with E-state index in [0.717, 1.165) is 36.2 Å². The molecule has 4 nitrogen and oxygen atoms in total. The minimum absolute atomic E-state index is 0. The number of primary amides is 1. The largest absolute Gasteiger partial charge is 0.368 e. The van der Waals surface area contributed by atoms with Crippen LogP contribution in [0.5, 0.6) is 0 Å². The van der Waals surface area contributed by atoms with Gasteiger partial charge in [0.25, 0.3) is 0 Å². The number of rotatable bonds is 2. The molecule has 17 heavy (non-hydrogen) atoms. The Balaban J connectivity index is 0.00000144. The van der Waals surface area contributed by atoms with Gasteiger partial charge in [-0.05, 0) is 47.3 Å². The summed E-state index contributed by atoms with van der Waals surface area (Å²) in [6, 6.07) is 5.48. The minimum atomic E-state index is -0.263. The van der Waals surface area contributed by atoms with Gasteiger partial charge in [0.05, 0.1) is 0 Å². The van der Waals surface area contributed by atoms with E-state index < -0.39 is 0 Å². The SMILES string of the molecule is Cl.NC(=O)C1CCCCN1c1cccc(Br)n1. The molecule has 1 fully saturated rings. The summed E-state index contributed by atoms with van der Waals surface area (Å²) < 4.78 is 0.777. The third kappa shape index (κ3) is 3.33. The standard InChI is InChI=1S/C11H14BrN3O.ClH/c12-9-5-3-6-10(14-9)15-7-2-1-4-8(15)11(13)16;/h3,5-6,8H,1-2,4,7H2,(H2,13,16);1H. The molecule has 0 aliphatic carbocycles. The van der Waals surface area contributed by atoms with Crippen LogP contribution in [-0.4, -0.2) is 23.5 Å². The van der Waals surface area contributed by atoms with E-state index in [2.05, 4.69) is 20.9 Å². The molecule has 2 heterocycles. The van der Waals surface area contributed by atoms with Crippen LogP contribution in [0.15, 0.2) is 22.8 Å². The van der Waals surface area contributed by atoms with Crippen LogP contribution in [0, 0.1) is 0 Å². The Morgan fingerprint density at radius 1 is 1.47 bits per heavy atom. The molecule has 0 radical (unpaired) electrons. The van der Waals surface area contributed by atoms with Gasteiger partial charge in [-0.3, -0.25) is 4.79 Å². The fourth-order valence-corrected chi connectivity index (χ4v) is 2.39. The minimum Gasteiger partial charge on any atom is -0.368 e. The maximum Gasteiger partial charge on any atom is 0.240 e. The Morgan fingerprint density at radius 3 is 2.88 bits per heavy atom. The van der Waals surface area contributed by atoms with E-state index in [-0.39, 0.29) is 24.4 Å². The summed E-state index contributed by atoms with van der Waals surface area (Å²) in [5.41, 5.74) is 5.41. The maximum atomic E-state index is 11.4. The molecule has 0 spiro atoms. The highest BCUT2D eigenvalue weighted by atomic mass is 79.9. The molecule has 2 N–H and O–H groups in total. The van der Waals surface area contributed by atoms with Crippen molar-refractivity contribution in [2.24, 2.45) is 5.73 Å².